The average Bonchev–Trinajstić information content (AvgIpc) is 3.63. The first-order valence-electron chi connectivity index (χ1n) is 14.4. The van der Waals surface area contributed by atoms with Gasteiger partial charge in [-0.3, -0.25) is 9.88 Å². The molecule has 214 valence electrons. The maximum absolute atomic E-state index is 15.8. The molecule has 2 aromatic heterocycles. The van der Waals surface area contributed by atoms with E-state index in [0.29, 0.717) is 47.2 Å². The molecule has 0 amide bonds. The van der Waals surface area contributed by atoms with Gasteiger partial charge in [-0.15, -0.1) is 0 Å². The molecular weight excluding hydrogens is 514 g/mol. The van der Waals surface area contributed by atoms with Crippen molar-refractivity contribution in [3.63, 3.8) is 0 Å². The predicted molar refractivity (Wildman–Crippen MR) is 151 cm³/mol. The topological polar surface area (TPSA) is 75.6 Å². The summed E-state index contributed by atoms with van der Waals surface area (Å²) in [6.45, 7) is 7.37. The Morgan fingerprint density at radius 3 is 2.55 bits per heavy atom. The Morgan fingerprint density at radius 1 is 1.05 bits per heavy atom. The highest BCUT2D eigenvalue weighted by Gasteiger charge is 2.35. The molecule has 6 heterocycles. The number of nitrogens with one attached hydrogen (secondary N) is 1. The fourth-order valence-corrected chi connectivity index (χ4v) is 6.56. The van der Waals surface area contributed by atoms with Crippen LogP contribution in [-0.4, -0.2) is 83.5 Å². The number of hydrogen-bond donors (Lipinski definition) is 1. The fraction of sp³-hybridized carbons (Fsp3) is 0.567. The molecule has 40 heavy (non-hydrogen) atoms. The van der Waals surface area contributed by atoms with E-state index in [-0.39, 0.29) is 23.3 Å². The molecule has 1 aromatic carbocycles. The molecule has 1 N–H and O–H groups in total. The second-order valence-corrected chi connectivity index (χ2v) is 11.5. The zero-order valence-corrected chi connectivity index (χ0v) is 23.4. The van der Waals surface area contributed by atoms with Crippen LogP contribution in [0.3, 0.4) is 0 Å². The van der Waals surface area contributed by atoms with E-state index in [1.54, 1.807) is 6.20 Å². The first-order chi connectivity index (χ1) is 19.4. The van der Waals surface area contributed by atoms with Crippen LogP contribution >= 0.6 is 0 Å². The van der Waals surface area contributed by atoms with E-state index < -0.39 is 12.0 Å². The van der Waals surface area contributed by atoms with Crippen LogP contribution in [0.1, 0.15) is 46.0 Å². The number of methoxy groups -OCH3 is 1. The van der Waals surface area contributed by atoms with Crippen molar-refractivity contribution in [1.82, 2.24) is 25.2 Å². The number of nitrogens with zero attached hydrogens (tertiary/aromatic N) is 5. The van der Waals surface area contributed by atoms with Crippen LogP contribution in [0.25, 0.3) is 22.2 Å². The molecular formula is C30H38F2N6O2. The Hall–Kier alpha value is -3.11. The highest BCUT2D eigenvalue weighted by molar-refractivity contribution is 5.92. The van der Waals surface area contributed by atoms with Gasteiger partial charge in [-0.25, -0.2) is 8.78 Å². The number of ether oxygens (including phenoxy) is 2. The minimum absolute atomic E-state index is 0.0400. The van der Waals surface area contributed by atoms with Crippen LogP contribution in [0.5, 0.6) is 11.8 Å². The third kappa shape index (κ3) is 5.43. The van der Waals surface area contributed by atoms with E-state index >= 15 is 4.39 Å². The van der Waals surface area contributed by atoms with Crippen LogP contribution in [0.15, 0.2) is 30.5 Å². The lowest BCUT2D eigenvalue weighted by Gasteiger charge is -2.34. The Kier molecular flexibility index (Phi) is 7.72. The second kappa shape index (κ2) is 11.4. The molecule has 4 saturated heterocycles. The van der Waals surface area contributed by atoms with Gasteiger partial charge in [0.25, 0.3) is 0 Å². The van der Waals surface area contributed by atoms with Crippen molar-refractivity contribution in [2.75, 3.05) is 38.2 Å². The Bertz CT molecular complexity index is 1330. The van der Waals surface area contributed by atoms with Gasteiger partial charge in [-0.2, -0.15) is 9.97 Å². The largest absolute Gasteiger partial charge is 0.490 e. The van der Waals surface area contributed by atoms with E-state index in [9.17, 15) is 4.39 Å². The number of aromatic nitrogens is 3. The monoisotopic (exact) mass is 552 g/mol. The van der Waals surface area contributed by atoms with Crippen molar-refractivity contribution in [3.05, 3.63) is 36.3 Å². The van der Waals surface area contributed by atoms with Gasteiger partial charge < -0.3 is 19.7 Å². The molecule has 0 aliphatic carbocycles. The first kappa shape index (κ1) is 27.1. The molecule has 0 saturated carbocycles. The van der Waals surface area contributed by atoms with E-state index in [0.717, 1.165) is 38.9 Å². The van der Waals surface area contributed by atoms with E-state index in [1.807, 2.05) is 38.1 Å². The summed E-state index contributed by atoms with van der Waals surface area (Å²) in [7, 11) is 1.50. The van der Waals surface area contributed by atoms with Gasteiger partial charge in [0.1, 0.15) is 28.9 Å². The molecule has 4 atom stereocenters. The van der Waals surface area contributed by atoms with Gasteiger partial charge in [0.05, 0.1) is 18.6 Å². The summed E-state index contributed by atoms with van der Waals surface area (Å²) in [6.07, 6.45) is 6.73. The number of halogens is 2. The smallest absolute Gasteiger partial charge is 0.318 e. The van der Waals surface area contributed by atoms with E-state index in [1.165, 1.54) is 20.0 Å². The van der Waals surface area contributed by atoms with Crippen LogP contribution in [-0.2, 0) is 0 Å². The molecule has 2 bridgehead atoms. The fourth-order valence-electron chi connectivity index (χ4n) is 6.56. The summed E-state index contributed by atoms with van der Waals surface area (Å²) >= 11 is 0. The standard InChI is InChI=1S/C23H26FN5O2.C7H12FN/c1-13(2)31-18-7-5-4-6-16(18)20-19(24)21-17(10-25-20)22(28-23(27-21)30-3)29-11-14-8-9-15(12-29)26-14;8-6-4-7-2-1-3-9(7)5-6/h4-7,10,13-15,26H,8-9,11-12H2,1-3H3;6-7H,1-5H2. The summed E-state index contributed by atoms with van der Waals surface area (Å²) in [5, 5.41) is 4.20. The van der Waals surface area contributed by atoms with Gasteiger partial charge in [0, 0.05) is 49.5 Å². The van der Waals surface area contributed by atoms with E-state index in [2.05, 4.69) is 30.1 Å². The van der Waals surface area contributed by atoms with Gasteiger partial charge in [0.15, 0.2) is 5.82 Å². The van der Waals surface area contributed by atoms with Crippen LogP contribution in [0.2, 0.25) is 0 Å². The molecule has 4 unspecified atom stereocenters. The van der Waals surface area contributed by atoms with Crippen molar-refractivity contribution in [2.45, 2.75) is 76.4 Å². The molecule has 3 aromatic rings. The quantitative estimate of drug-likeness (QED) is 0.486. The van der Waals surface area contributed by atoms with E-state index in [4.69, 9.17) is 9.47 Å². The number of piperazine rings is 1. The summed E-state index contributed by atoms with van der Waals surface area (Å²) in [5.41, 5.74) is 1.00. The van der Waals surface area contributed by atoms with Crippen molar-refractivity contribution in [2.24, 2.45) is 0 Å². The lowest BCUT2D eigenvalue weighted by Crippen LogP contribution is -2.51. The molecule has 4 fully saturated rings. The lowest BCUT2D eigenvalue weighted by atomic mass is 10.1. The number of alkyl halides is 1. The lowest BCUT2D eigenvalue weighted by molar-refractivity contribution is 0.243. The van der Waals surface area contributed by atoms with Crippen molar-refractivity contribution in [1.29, 1.82) is 0 Å². The van der Waals surface area contributed by atoms with Gasteiger partial charge in [-0.05, 0) is 64.6 Å². The van der Waals surface area contributed by atoms with Crippen molar-refractivity contribution >= 4 is 16.7 Å². The summed E-state index contributed by atoms with van der Waals surface area (Å²) in [6, 6.07) is 8.94. The molecule has 0 radical (unpaired) electrons. The minimum Gasteiger partial charge on any atom is -0.490 e. The number of fused-ring (bicyclic) bond motifs is 4. The number of pyridine rings is 1. The minimum atomic E-state index is -0.518. The summed E-state index contributed by atoms with van der Waals surface area (Å²) < 4.78 is 39.6. The number of rotatable bonds is 5. The molecule has 8 nitrogen and oxygen atoms in total. The Labute approximate surface area is 234 Å². The van der Waals surface area contributed by atoms with Gasteiger partial charge in [-0.1, -0.05) is 12.1 Å². The first-order valence-corrected chi connectivity index (χ1v) is 14.4. The SMILES string of the molecule is COc1nc(N2CC3CCC(C2)N3)c2cnc(-c3ccccc3OC(C)C)c(F)c2n1.FC1CC2CCCN2C1. The maximum atomic E-state index is 15.8. The van der Waals surface area contributed by atoms with Gasteiger partial charge in [0.2, 0.25) is 0 Å². The highest BCUT2D eigenvalue weighted by atomic mass is 19.1. The van der Waals surface area contributed by atoms with Crippen molar-refractivity contribution in [3.8, 4) is 23.0 Å². The maximum Gasteiger partial charge on any atom is 0.318 e. The summed E-state index contributed by atoms with van der Waals surface area (Å²) in [4.78, 5) is 17.9. The second-order valence-electron chi connectivity index (χ2n) is 11.5. The van der Waals surface area contributed by atoms with Crippen LogP contribution in [0.4, 0.5) is 14.6 Å². The molecule has 0 spiro atoms. The zero-order valence-electron chi connectivity index (χ0n) is 23.4. The highest BCUT2D eigenvalue weighted by Crippen LogP contribution is 2.37. The normalized spacial score (nSPS) is 25.7. The number of hydrogen-bond acceptors (Lipinski definition) is 8. The molecule has 4 aliphatic heterocycles. The van der Waals surface area contributed by atoms with Crippen LogP contribution < -0.4 is 19.7 Å². The summed E-state index contributed by atoms with van der Waals surface area (Å²) in [5.74, 6) is 0.755. The Morgan fingerprint density at radius 2 is 1.82 bits per heavy atom. The van der Waals surface area contributed by atoms with Gasteiger partial charge >= 0.3 is 6.01 Å². The number of anilines is 1. The zero-order chi connectivity index (χ0) is 27.8. The predicted octanol–water partition coefficient (Wildman–Crippen LogP) is 4.76. The van der Waals surface area contributed by atoms with Crippen LogP contribution in [0, 0.1) is 5.82 Å². The van der Waals surface area contributed by atoms with Crippen molar-refractivity contribution < 1.29 is 18.3 Å². The number of benzene rings is 1. The molecule has 7 rings (SSSR count). The molecule has 4 aliphatic rings. The third-order valence-electron chi connectivity index (χ3n) is 8.31. The third-order valence-corrected chi connectivity index (χ3v) is 8.31. The molecule has 10 heteroatoms. The Balaban J connectivity index is 0.000000271. The average molecular weight is 553 g/mol. The number of para-hydroxylation sites is 1.